The molecule has 124 valence electrons. The summed E-state index contributed by atoms with van der Waals surface area (Å²) < 4.78 is 17.2. The van der Waals surface area contributed by atoms with Gasteiger partial charge in [-0.1, -0.05) is 69.3 Å². The van der Waals surface area contributed by atoms with Crippen molar-refractivity contribution in [3.8, 4) is 0 Å². The molecule has 2 atom stereocenters. The van der Waals surface area contributed by atoms with Gasteiger partial charge >= 0.3 is 6.22 Å². The summed E-state index contributed by atoms with van der Waals surface area (Å²) in [5.74, 6) is 0. The number of allylic oxidation sites excluding steroid dienone is 3. The molecule has 2 unspecified atom stereocenters. The highest BCUT2D eigenvalue weighted by Gasteiger charge is 2.35. The van der Waals surface area contributed by atoms with E-state index in [0.29, 0.717) is 0 Å². The Balaban J connectivity index is 2.30. The highest BCUT2D eigenvalue weighted by molar-refractivity contribution is 5.58. The molecule has 1 aromatic carbocycles. The Bertz CT molecular complexity index is 603. The number of benzene rings is 1. The second-order valence-electron chi connectivity index (χ2n) is 6.87. The summed E-state index contributed by atoms with van der Waals surface area (Å²) in [4.78, 5) is 10.6. The molecule has 23 heavy (non-hydrogen) atoms. The second kappa shape index (κ2) is 7.12. The monoisotopic (exact) mass is 316 g/mol. The maximum atomic E-state index is 12.5. The summed E-state index contributed by atoms with van der Waals surface area (Å²) in [7, 11) is 0. The Kier molecular flexibility index (Phi) is 5.40. The lowest BCUT2D eigenvalue weighted by atomic mass is 9.68. The number of rotatable bonds is 4. The Morgan fingerprint density at radius 2 is 1.83 bits per heavy atom. The maximum absolute atomic E-state index is 12.5. The Hall–Kier alpha value is -1.90. The molecule has 0 heterocycles. The van der Waals surface area contributed by atoms with Gasteiger partial charge in [0.2, 0.25) is 0 Å². The third-order valence-electron chi connectivity index (χ3n) is 4.59. The summed E-state index contributed by atoms with van der Waals surface area (Å²) >= 11 is 0. The molecule has 1 aliphatic carbocycles. The first-order valence-electron chi connectivity index (χ1n) is 8.14. The fourth-order valence-electron chi connectivity index (χ4n) is 3.36. The molecule has 0 aliphatic heterocycles. The minimum absolute atomic E-state index is 0.0509. The van der Waals surface area contributed by atoms with E-state index in [1.807, 2.05) is 19.1 Å². The third-order valence-corrected chi connectivity index (χ3v) is 4.59. The van der Waals surface area contributed by atoms with Crippen LogP contribution in [0.25, 0.3) is 0 Å². The Labute approximate surface area is 138 Å². The van der Waals surface area contributed by atoms with Gasteiger partial charge in [-0.25, -0.2) is 4.79 Å². The molecule has 0 amide bonds. The fraction of sp³-hybridized carbons (Fsp3) is 0.450. The molecule has 0 saturated carbocycles. The summed E-state index contributed by atoms with van der Waals surface area (Å²) in [5.41, 5.74) is 1.94. The van der Waals surface area contributed by atoms with E-state index in [1.54, 1.807) is 0 Å². The average Bonchev–Trinajstić information content (AvgIpc) is 2.51. The SMILES string of the molecule is CCc1ccc(C2(C)C=CCC=CC(C)(COC(=O)F)C2)cc1. The van der Waals surface area contributed by atoms with Crippen LogP contribution in [0.4, 0.5) is 9.18 Å². The van der Waals surface area contributed by atoms with Crippen molar-refractivity contribution in [3.05, 3.63) is 59.7 Å². The van der Waals surface area contributed by atoms with Crippen molar-refractivity contribution >= 4 is 6.22 Å². The van der Waals surface area contributed by atoms with Gasteiger partial charge in [0.1, 0.15) is 6.61 Å². The van der Waals surface area contributed by atoms with Crippen molar-refractivity contribution in [1.82, 2.24) is 0 Å². The summed E-state index contributed by atoms with van der Waals surface area (Å²) in [5, 5.41) is 0. The summed E-state index contributed by atoms with van der Waals surface area (Å²) in [6.07, 6.45) is 9.32. The van der Waals surface area contributed by atoms with Gasteiger partial charge in [0.05, 0.1) is 0 Å². The largest absolute Gasteiger partial charge is 0.495 e. The molecular weight excluding hydrogens is 291 g/mol. The van der Waals surface area contributed by atoms with E-state index in [4.69, 9.17) is 0 Å². The van der Waals surface area contributed by atoms with Crippen LogP contribution >= 0.6 is 0 Å². The van der Waals surface area contributed by atoms with Crippen LogP contribution in [-0.2, 0) is 16.6 Å². The lowest BCUT2D eigenvalue weighted by Crippen LogP contribution is -2.33. The normalized spacial score (nSPS) is 27.3. The first-order valence-corrected chi connectivity index (χ1v) is 8.14. The minimum atomic E-state index is -1.72. The molecule has 0 bridgehead atoms. The Morgan fingerprint density at radius 3 is 2.43 bits per heavy atom. The highest BCUT2D eigenvalue weighted by Crippen LogP contribution is 2.40. The number of aryl methyl sites for hydroxylation is 1. The van der Waals surface area contributed by atoms with Crippen molar-refractivity contribution in [1.29, 1.82) is 0 Å². The number of carbonyl (C=O) groups excluding carboxylic acids is 1. The zero-order valence-electron chi connectivity index (χ0n) is 14.1. The van der Waals surface area contributed by atoms with Crippen LogP contribution in [0.3, 0.4) is 0 Å². The lowest BCUT2D eigenvalue weighted by Gasteiger charge is -2.37. The number of carbonyl (C=O) groups is 1. The molecule has 2 nitrogen and oxygen atoms in total. The zero-order chi connectivity index (χ0) is 16.9. The molecule has 2 rings (SSSR count). The molecule has 0 saturated heterocycles. The van der Waals surface area contributed by atoms with Gasteiger partial charge in [-0.15, -0.1) is 4.39 Å². The van der Waals surface area contributed by atoms with Gasteiger partial charge in [0, 0.05) is 10.8 Å². The van der Waals surface area contributed by atoms with Crippen LogP contribution in [-0.4, -0.2) is 12.8 Å². The first kappa shape index (κ1) is 17.5. The van der Waals surface area contributed by atoms with E-state index in [9.17, 15) is 9.18 Å². The van der Waals surface area contributed by atoms with E-state index in [2.05, 4.69) is 55.0 Å². The number of hydrogen-bond donors (Lipinski definition) is 0. The summed E-state index contributed by atoms with van der Waals surface area (Å²) in [6.45, 7) is 6.37. The van der Waals surface area contributed by atoms with E-state index in [0.717, 1.165) is 19.3 Å². The van der Waals surface area contributed by atoms with Gasteiger partial charge in [-0.2, -0.15) is 0 Å². The third kappa shape index (κ3) is 4.54. The average molecular weight is 316 g/mol. The van der Waals surface area contributed by atoms with E-state index in [-0.39, 0.29) is 12.0 Å². The quantitative estimate of drug-likeness (QED) is 0.539. The molecule has 3 heteroatoms. The number of hydrogen-bond acceptors (Lipinski definition) is 2. The zero-order valence-corrected chi connectivity index (χ0v) is 14.1. The van der Waals surface area contributed by atoms with Gasteiger partial charge in [-0.05, 0) is 30.4 Å². The smallest absolute Gasteiger partial charge is 0.439 e. The Morgan fingerprint density at radius 1 is 1.17 bits per heavy atom. The van der Waals surface area contributed by atoms with Crippen LogP contribution in [0.1, 0.15) is 44.7 Å². The van der Waals surface area contributed by atoms with E-state index < -0.39 is 11.6 Å². The van der Waals surface area contributed by atoms with Crippen LogP contribution in [0.2, 0.25) is 0 Å². The molecule has 0 fully saturated rings. The second-order valence-corrected chi connectivity index (χ2v) is 6.87. The van der Waals surface area contributed by atoms with E-state index in [1.165, 1.54) is 11.1 Å². The maximum Gasteiger partial charge on any atom is 0.495 e. The van der Waals surface area contributed by atoms with Gasteiger partial charge < -0.3 is 4.74 Å². The lowest BCUT2D eigenvalue weighted by molar-refractivity contribution is 0.0801. The first-order chi connectivity index (χ1) is 10.9. The van der Waals surface area contributed by atoms with Crippen LogP contribution in [0.15, 0.2) is 48.6 Å². The number of halogens is 1. The molecule has 0 radical (unpaired) electrons. The molecule has 0 spiro atoms. The standard InChI is InChI=1S/C20H25FO2/c1-4-16-8-10-17(11-9-16)20(3)13-7-5-6-12-19(2,14-20)15-23-18(21)22/h6-13H,4-5,14-15H2,1-3H3. The van der Waals surface area contributed by atoms with E-state index >= 15 is 0 Å². The fourth-order valence-corrected chi connectivity index (χ4v) is 3.36. The van der Waals surface area contributed by atoms with Crippen LogP contribution in [0, 0.1) is 5.41 Å². The molecule has 1 aromatic rings. The van der Waals surface area contributed by atoms with Gasteiger partial charge in [-0.3, -0.25) is 0 Å². The van der Waals surface area contributed by atoms with Crippen molar-refractivity contribution in [2.24, 2.45) is 5.41 Å². The summed E-state index contributed by atoms with van der Waals surface area (Å²) in [6, 6.07) is 8.63. The predicted molar refractivity (Wildman–Crippen MR) is 91.2 cm³/mol. The van der Waals surface area contributed by atoms with Crippen molar-refractivity contribution in [2.75, 3.05) is 6.61 Å². The van der Waals surface area contributed by atoms with Gasteiger partial charge in [0.25, 0.3) is 0 Å². The molecular formula is C20H25FO2. The minimum Gasteiger partial charge on any atom is -0.439 e. The molecule has 0 aromatic heterocycles. The number of ether oxygens (including phenoxy) is 1. The van der Waals surface area contributed by atoms with Gasteiger partial charge in [0.15, 0.2) is 0 Å². The van der Waals surface area contributed by atoms with Crippen molar-refractivity contribution in [3.63, 3.8) is 0 Å². The highest BCUT2D eigenvalue weighted by atomic mass is 19.1. The van der Waals surface area contributed by atoms with Crippen molar-refractivity contribution in [2.45, 2.75) is 45.4 Å². The van der Waals surface area contributed by atoms with Crippen molar-refractivity contribution < 1.29 is 13.9 Å². The molecule has 0 N–H and O–H groups in total. The predicted octanol–water partition coefficient (Wildman–Crippen LogP) is 5.53. The topological polar surface area (TPSA) is 26.3 Å². The molecule has 1 aliphatic rings. The van der Waals surface area contributed by atoms with Crippen LogP contribution in [0.5, 0.6) is 0 Å². The van der Waals surface area contributed by atoms with Crippen LogP contribution < -0.4 is 0 Å².